The quantitative estimate of drug-likeness (QED) is 0.648. The molecule has 0 heterocycles. The Labute approximate surface area is 106 Å². The molecule has 1 aromatic carbocycles. The lowest BCUT2D eigenvalue weighted by atomic mass is 10.1. The van der Waals surface area contributed by atoms with Crippen LogP contribution >= 0.6 is 23.2 Å². The fourth-order valence-corrected chi connectivity index (χ4v) is 1.95. The van der Waals surface area contributed by atoms with Crippen molar-refractivity contribution in [1.29, 1.82) is 0 Å². The van der Waals surface area contributed by atoms with E-state index >= 15 is 0 Å². The van der Waals surface area contributed by atoms with Gasteiger partial charge in [0.15, 0.2) is 5.96 Å². The van der Waals surface area contributed by atoms with Crippen molar-refractivity contribution in [2.75, 3.05) is 7.05 Å². The summed E-state index contributed by atoms with van der Waals surface area (Å²) >= 11 is 12.1. The molecule has 0 saturated heterocycles. The second kappa shape index (κ2) is 5.97. The summed E-state index contributed by atoms with van der Waals surface area (Å²) < 4.78 is 0. The first-order chi connectivity index (χ1) is 7.54. The van der Waals surface area contributed by atoms with Gasteiger partial charge in [-0.25, -0.2) is 0 Å². The van der Waals surface area contributed by atoms with Crippen LogP contribution in [0.5, 0.6) is 0 Å². The molecule has 0 saturated carbocycles. The van der Waals surface area contributed by atoms with Gasteiger partial charge < -0.3 is 11.1 Å². The lowest BCUT2D eigenvalue weighted by Crippen LogP contribution is -2.39. The molecule has 1 aromatic rings. The molecule has 88 valence electrons. The Kier molecular flexibility index (Phi) is 4.90. The smallest absolute Gasteiger partial charge is 0.188 e. The highest BCUT2D eigenvalue weighted by Crippen LogP contribution is 2.25. The van der Waals surface area contributed by atoms with E-state index in [1.165, 1.54) is 0 Å². The first-order valence-electron chi connectivity index (χ1n) is 4.96. The molecule has 5 heteroatoms. The highest BCUT2D eigenvalue weighted by Gasteiger charge is 2.10. The molecule has 0 aliphatic carbocycles. The molecule has 3 N–H and O–H groups in total. The second-order valence-electron chi connectivity index (χ2n) is 3.56. The third kappa shape index (κ3) is 3.58. The van der Waals surface area contributed by atoms with Crippen LogP contribution < -0.4 is 11.1 Å². The zero-order chi connectivity index (χ0) is 12.1. The molecule has 3 nitrogen and oxygen atoms in total. The van der Waals surface area contributed by atoms with E-state index in [1.807, 2.05) is 25.1 Å². The average molecular weight is 260 g/mol. The van der Waals surface area contributed by atoms with E-state index in [0.29, 0.717) is 22.4 Å². The molecule has 0 aliphatic heterocycles. The summed E-state index contributed by atoms with van der Waals surface area (Å²) in [5.41, 5.74) is 6.50. The van der Waals surface area contributed by atoms with Gasteiger partial charge in [-0.1, -0.05) is 29.3 Å². The number of benzene rings is 1. The van der Waals surface area contributed by atoms with Gasteiger partial charge in [0.05, 0.1) is 0 Å². The number of rotatable bonds is 3. The third-order valence-corrected chi connectivity index (χ3v) is 2.92. The number of nitrogens with two attached hydrogens (primary N) is 1. The minimum atomic E-state index is 0.126. The van der Waals surface area contributed by atoms with E-state index in [9.17, 15) is 0 Å². The summed E-state index contributed by atoms with van der Waals surface area (Å²) in [7, 11) is 1.64. The Morgan fingerprint density at radius 1 is 1.44 bits per heavy atom. The van der Waals surface area contributed by atoms with Crippen molar-refractivity contribution in [1.82, 2.24) is 5.32 Å². The van der Waals surface area contributed by atoms with E-state index in [1.54, 1.807) is 7.05 Å². The van der Waals surface area contributed by atoms with Gasteiger partial charge in [0, 0.05) is 23.1 Å². The Morgan fingerprint density at radius 2 is 2.00 bits per heavy atom. The van der Waals surface area contributed by atoms with Gasteiger partial charge in [0.2, 0.25) is 0 Å². The Balaban J connectivity index is 2.73. The highest BCUT2D eigenvalue weighted by molar-refractivity contribution is 6.36. The maximum Gasteiger partial charge on any atom is 0.188 e. The molecule has 16 heavy (non-hydrogen) atoms. The summed E-state index contributed by atoms with van der Waals surface area (Å²) in [5, 5.41) is 4.39. The lowest BCUT2D eigenvalue weighted by molar-refractivity contribution is 0.656. The van der Waals surface area contributed by atoms with Crippen LogP contribution in [0.25, 0.3) is 0 Å². The first-order valence-corrected chi connectivity index (χ1v) is 5.72. The van der Waals surface area contributed by atoms with Crippen LogP contribution in [0.1, 0.15) is 12.5 Å². The molecule has 0 aliphatic rings. The second-order valence-corrected chi connectivity index (χ2v) is 4.37. The van der Waals surface area contributed by atoms with Gasteiger partial charge in [-0.3, -0.25) is 4.99 Å². The lowest BCUT2D eigenvalue weighted by Gasteiger charge is -2.15. The number of hydrogen-bond acceptors (Lipinski definition) is 1. The van der Waals surface area contributed by atoms with Crippen molar-refractivity contribution >= 4 is 29.2 Å². The molecular formula is C11H15Cl2N3. The monoisotopic (exact) mass is 259 g/mol. The molecule has 0 radical (unpaired) electrons. The number of guanidine groups is 1. The molecule has 0 bridgehead atoms. The fourth-order valence-electron chi connectivity index (χ4n) is 1.40. The molecule has 0 amide bonds. The van der Waals surface area contributed by atoms with E-state index < -0.39 is 0 Å². The van der Waals surface area contributed by atoms with Crippen molar-refractivity contribution in [3.05, 3.63) is 33.8 Å². The van der Waals surface area contributed by atoms with Crippen molar-refractivity contribution in [2.45, 2.75) is 19.4 Å². The van der Waals surface area contributed by atoms with Gasteiger partial charge in [-0.05, 0) is 31.0 Å². The first kappa shape index (κ1) is 13.1. The van der Waals surface area contributed by atoms with Crippen molar-refractivity contribution in [2.24, 2.45) is 10.7 Å². The van der Waals surface area contributed by atoms with Gasteiger partial charge in [0.1, 0.15) is 0 Å². The highest BCUT2D eigenvalue weighted by atomic mass is 35.5. The topological polar surface area (TPSA) is 50.4 Å². The van der Waals surface area contributed by atoms with Crippen LogP contribution in [0.2, 0.25) is 10.0 Å². The van der Waals surface area contributed by atoms with Crippen LogP contribution in [0.15, 0.2) is 23.2 Å². The molecule has 1 rings (SSSR count). The molecule has 0 aromatic heterocycles. The van der Waals surface area contributed by atoms with E-state index in [2.05, 4.69) is 10.3 Å². The fraction of sp³-hybridized carbons (Fsp3) is 0.364. The van der Waals surface area contributed by atoms with Crippen molar-refractivity contribution < 1.29 is 0 Å². The van der Waals surface area contributed by atoms with Gasteiger partial charge in [0.25, 0.3) is 0 Å². The minimum Gasteiger partial charge on any atom is -0.370 e. The number of hydrogen-bond donors (Lipinski definition) is 2. The van der Waals surface area contributed by atoms with Crippen LogP contribution in [0.3, 0.4) is 0 Å². The number of nitrogens with zero attached hydrogens (tertiary/aromatic N) is 1. The maximum atomic E-state index is 6.07. The summed E-state index contributed by atoms with van der Waals surface area (Å²) in [5.74, 6) is 0.413. The molecule has 1 atom stereocenters. The molecular weight excluding hydrogens is 245 g/mol. The Morgan fingerprint density at radius 3 is 2.50 bits per heavy atom. The summed E-state index contributed by atoms with van der Waals surface area (Å²) in [6.45, 7) is 2.00. The van der Waals surface area contributed by atoms with Crippen LogP contribution in [0, 0.1) is 0 Å². The third-order valence-electron chi connectivity index (χ3n) is 2.21. The molecule has 1 unspecified atom stereocenters. The van der Waals surface area contributed by atoms with Crippen molar-refractivity contribution in [3.8, 4) is 0 Å². The average Bonchev–Trinajstić information content (AvgIpc) is 2.23. The summed E-state index contributed by atoms with van der Waals surface area (Å²) in [6, 6.07) is 5.61. The van der Waals surface area contributed by atoms with Crippen molar-refractivity contribution in [3.63, 3.8) is 0 Å². The molecule has 0 fully saturated rings. The summed E-state index contributed by atoms with van der Waals surface area (Å²) in [6.07, 6.45) is 0.703. The van der Waals surface area contributed by atoms with Gasteiger partial charge >= 0.3 is 0 Å². The van der Waals surface area contributed by atoms with Gasteiger partial charge in [-0.15, -0.1) is 0 Å². The Bertz CT molecular complexity index is 371. The van der Waals surface area contributed by atoms with E-state index in [-0.39, 0.29) is 6.04 Å². The van der Waals surface area contributed by atoms with Gasteiger partial charge in [-0.2, -0.15) is 0 Å². The maximum absolute atomic E-state index is 6.07. The summed E-state index contributed by atoms with van der Waals surface area (Å²) in [4.78, 5) is 3.83. The van der Waals surface area contributed by atoms with Crippen LogP contribution in [0.4, 0.5) is 0 Å². The standard InChI is InChI=1S/C11H15Cl2N3/c1-7(16-11(14)15-2)6-8-9(12)4-3-5-10(8)13/h3-5,7H,6H2,1-2H3,(H3,14,15,16). The number of aliphatic imine (C=N–C) groups is 1. The normalized spacial score (nSPS) is 13.6. The van der Waals surface area contributed by atoms with Crippen LogP contribution in [-0.2, 0) is 6.42 Å². The number of halogens is 2. The Hall–Kier alpha value is -0.930. The largest absolute Gasteiger partial charge is 0.370 e. The van der Waals surface area contributed by atoms with E-state index in [0.717, 1.165) is 5.56 Å². The molecule has 0 spiro atoms. The SMILES string of the molecule is CN=C(N)NC(C)Cc1c(Cl)cccc1Cl. The predicted octanol–water partition coefficient (Wildman–Crippen LogP) is 2.46. The zero-order valence-electron chi connectivity index (χ0n) is 9.30. The van der Waals surface area contributed by atoms with Crippen LogP contribution in [-0.4, -0.2) is 19.0 Å². The minimum absolute atomic E-state index is 0.126. The number of nitrogens with one attached hydrogen (secondary N) is 1. The predicted molar refractivity (Wildman–Crippen MR) is 70.3 cm³/mol. The zero-order valence-corrected chi connectivity index (χ0v) is 10.8. The van der Waals surface area contributed by atoms with E-state index in [4.69, 9.17) is 28.9 Å².